The Morgan fingerprint density at radius 3 is 2.68 bits per heavy atom. The summed E-state index contributed by atoms with van der Waals surface area (Å²) in [6, 6.07) is 11.3. The summed E-state index contributed by atoms with van der Waals surface area (Å²) in [7, 11) is 0. The number of pyridine rings is 1. The molecule has 22 heavy (non-hydrogen) atoms. The lowest BCUT2D eigenvalue weighted by atomic mass is 9.99. The topological polar surface area (TPSA) is 24.9 Å². The molecule has 0 radical (unpaired) electrons. The average Bonchev–Trinajstić information content (AvgIpc) is 2.53. The minimum absolute atomic E-state index is 0.584. The molecule has 0 aliphatic carbocycles. The molecular weight excluding hydrogens is 309 g/mol. The van der Waals surface area contributed by atoms with E-state index in [1.54, 1.807) is 6.20 Å². The van der Waals surface area contributed by atoms with Crippen molar-refractivity contribution in [3.8, 4) is 11.1 Å². The van der Waals surface area contributed by atoms with Crippen LogP contribution in [-0.4, -0.2) is 4.98 Å². The number of rotatable bonds is 0. The number of benzene rings is 2. The number of nitrogens with one attached hydrogen (secondary N) is 1. The number of hydrogen-bond donors (Lipinski definition) is 1. The van der Waals surface area contributed by atoms with Crippen LogP contribution in [0.15, 0.2) is 53.6 Å². The zero-order valence-corrected chi connectivity index (χ0v) is 11.9. The van der Waals surface area contributed by atoms with Crippen LogP contribution in [0.5, 0.6) is 0 Å². The molecule has 1 aromatic heterocycles. The van der Waals surface area contributed by atoms with Crippen LogP contribution in [0.4, 0.5) is 18.9 Å². The van der Waals surface area contributed by atoms with Gasteiger partial charge in [-0.2, -0.15) is 13.2 Å². The van der Waals surface area contributed by atoms with Gasteiger partial charge in [0.05, 0.1) is 16.8 Å². The monoisotopic (exact) mass is 318 g/mol. The zero-order valence-electron chi connectivity index (χ0n) is 11.1. The van der Waals surface area contributed by atoms with E-state index in [1.165, 1.54) is 24.1 Å². The Bertz CT molecular complexity index is 890. The van der Waals surface area contributed by atoms with Crippen molar-refractivity contribution in [1.82, 2.24) is 4.98 Å². The van der Waals surface area contributed by atoms with Crippen LogP contribution in [0, 0.1) is 0 Å². The van der Waals surface area contributed by atoms with E-state index < -0.39 is 11.7 Å². The highest BCUT2D eigenvalue weighted by Crippen LogP contribution is 2.46. The molecule has 3 aromatic rings. The third-order valence-electron chi connectivity index (χ3n) is 3.63. The maximum absolute atomic E-state index is 13.0. The van der Waals surface area contributed by atoms with E-state index in [9.17, 15) is 13.2 Å². The molecule has 1 aliphatic rings. The highest BCUT2D eigenvalue weighted by molar-refractivity contribution is 8.00. The molecule has 0 fully saturated rings. The second-order valence-electron chi connectivity index (χ2n) is 4.98. The van der Waals surface area contributed by atoms with E-state index in [0.717, 1.165) is 33.1 Å². The maximum atomic E-state index is 13.0. The molecule has 0 spiro atoms. The summed E-state index contributed by atoms with van der Waals surface area (Å²) in [6.07, 6.45) is -2.67. The van der Waals surface area contributed by atoms with Gasteiger partial charge in [-0.15, -0.1) is 0 Å². The SMILES string of the molecule is FC(F)(F)c1ccc2c(c1)-c1ccc3cccnc3c1NS2. The number of fused-ring (bicyclic) bond motifs is 5. The molecule has 1 aliphatic heterocycles. The zero-order chi connectivity index (χ0) is 15.3. The summed E-state index contributed by atoms with van der Waals surface area (Å²) in [4.78, 5) is 5.11. The normalized spacial score (nSPS) is 13.4. The molecule has 0 bridgehead atoms. The summed E-state index contributed by atoms with van der Waals surface area (Å²) in [5.41, 5.74) is 2.21. The fourth-order valence-electron chi connectivity index (χ4n) is 2.58. The Morgan fingerprint density at radius 1 is 1.00 bits per heavy atom. The lowest BCUT2D eigenvalue weighted by Crippen LogP contribution is -2.07. The molecule has 1 N–H and O–H groups in total. The van der Waals surface area contributed by atoms with Crippen LogP contribution in [-0.2, 0) is 6.18 Å². The Kier molecular flexibility index (Phi) is 2.84. The number of aromatic nitrogens is 1. The van der Waals surface area contributed by atoms with E-state index in [0.29, 0.717) is 5.56 Å². The number of nitrogens with zero attached hydrogens (tertiary/aromatic N) is 1. The summed E-state index contributed by atoms with van der Waals surface area (Å²) in [5.74, 6) is 0. The van der Waals surface area contributed by atoms with Gasteiger partial charge >= 0.3 is 6.18 Å². The van der Waals surface area contributed by atoms with Gasteiger partial charge in [0.15, 0.2) is 0 Å². The second kappa shape index (κ2) is 4.64. The van der Waals surface area contributed by atoms with Crippen molar-refractivity contribution >= 4 is 28.5 Å². The van der Waals surface area contributed by atoms with Crippen molar-refractivity contribution < 1.29 is 13.2 Å². The fraction of sp³-hybridized carbons (Fsp3) is 0.0625. The van der Waals surface area contributed by atoms with Crippen LogP contribution in [0.25, 0.3) is 22.0 Å². The molecule has 2 heterocycles. The van der Waals surface area contributed by atoms with E-state index in [1.807, 2.05) is 24.3 Å². The molecule has 2 aromatic carbocycles. The van der Waals surface area contributed by atoms with Crippen molar-refractivity contribution in [3.63, 3.8) is 0 Å². The van der Waals surface area contributed by atoms with Gasteiger partial charge in [0.25, 0.3) is 0 Å². The van der Waals surface area contributed by atoms with Gasteiger partial charge in [-0.25, -0.2) is 0 Å². The molecule has 0 saturated carbocycles. The van der Waals surface area contributed by atoms with Crippen molar-refractivity contribution in [2.75, 3.05) is 4.72 Å². The summed E-state index contributed by atoms with van der Waals surface area (Å²) >= 11 is 1.31. The third kappa shape index (κ3) is 2.02. The van der Waals surface area contributed by atoms with Crippen molar-refractivity contribution in [1.29, 1.82) is 0 Å². The fourth-order valence-corrected chi connectivity index (χ4v) is 3.42. The van der Waals surface area contributed by atoms with Gasteiger partial charge in [-0.05, 0) is 41.8 Å². The molecular formula is C16H9F3N2S. The first-order valence-corrected chi connectivity index (χ1v) is 7.38. The van der Waals surface area contributed by atoms with E-state index in [4.69, 9.17) is 0 Å². The van der Waals surface area contributed by atoms with Gasteiger partial charge in [0.2, 0.25) is 0 Å². The van der Waals surface area contributed by atoms with Crippen LogP contribution < -0.4 is 4.72 Å². The minimum Gasteiger partial charge on any atom is -0.323 e. The molecule has 110 valence electrons. The van der Waals surface area contributed by atoms with Gasteiger partial charge in [-0.3, -0.25) is 4.98 Å². The number of halogens is 3. The van der Waals surface area contributed by atoms with Gasteiger partial charge < -0.3 is 4.72 Å². The Balaban J connectivity index is 1.98. The molecule has 0 amide bonds. The second-order valence-corrected chi connectivity index (χ2v) is 5.82. The average molecular weight is 318 g/mol. The first kappa shape index (κ1) is 13.5. The molecule has 0 saturated heterocycles. The van der Waals surface area contributed by atoms with Gasteiger partial charge in [0, 0.05) is 22.0 Å². The van der Waals surface area contributed by atoms with Crippen molar-refractivity contribution in [2.45, 2.75) is 11.1 Å². The summed E-state index contributed by atoms with van der Waals surface area (Å²) in [6.45, 7) is 0. The number of alkyl halides is 3. The third-order valence-corrected chi connectivity index (χ3v) is 4.52. The molecule has 0 unspecified atom stereocenters. The smallest absolute Gasteiger partial charge is 0.323 e. The first-order valence-electron chi connectivity index (χ1n) is 6.56. The Hall–Kier alpha value is -2.21. The van der Waals surface area contributed by atoms with Crippen molar-refractivity contribution in [2.24, 2.45) is 0 Å². The predicted octanol–water partition coefficient (Wildman–Crippen LogP) is 5.35. The predicted molar refractivity (Wildman–Crippen MR) is 81.7 cm³/mol. The standard InChI is InChI=1S/C16H9F3N2S/c17-16(18,19)10-4-6-13-12(8-10)11-5-3-9-2-1-7-20-14(9)15(11)21-22-13/h1-8,21H. The van der Waals surface area contributed by atoms with Crippen LogP contribution in [0.2, 0.25) is 0 Å². The molecule has 4 rings (SSSR count). The van der Waals surface area contributed by atoms with E-state index in [-0.39, 0.29) is 0 Å². The maximum Gasteiger partial charge on any atom is 0.416 e. The Morgan fingerprint density at radius 2 is 1.86 bits per heavy atom. The van der Waals surface area contributed by atoms with Crippen LogP contribution >= 0.6 is 11.9 Å². The highest BCUT2D eigenvalue weighted by atomic mass is 32.2. The minimum atomic E-state index is -4.35. The first-order chi connectivity index (χ1) is 10.5. The van der Waals surface area contributed by atoms with Crippen LogP contribution in [0.1, 0.15) is 5.56 Å². The van der Waals surface area contributed by atoms with Gasteiger partial charge in [-0.1, -0.05) is 18.2 Å². The number of anilines is 1. The lowest BCUT2D eigenvalue weighted by Gasteiger charge is -2.22. The lowest BCUT2D eigenvalue weighted by molar-refractivity contribution is -0.137. The molecule has 0 atom stereocenters. The largest absolute Gasteiger partial charge is 0.416 e. The number of hydrogen-bond acceptors (Lipinski definition) is 3. The van der Waals surface area contributed by atoms with E-state index in [2.05, 4.69) is 9.71 Å². The van der Waals surface area contributed by atoms with E-state index >= 15 is 0 Å². The highest BCUT2D eigenvalue weighted by Gasteiger charge is 2.32. The summed E-state index contributed by atoms with van der Waals surface area (Å²) < 4.78 is 42.0. The van der Waals surface area contributed by atoms with Crippen LogP contribution in [0.3, 0.4) is 0 Å². The Labute approximate surface area is 128 Å². The quantitative estimate of drug-likeness (QED) is 0.565. The van der Waals surface area contributed by atoms with Gasteiger partial charge in [0.1, 0.15) is 0 Å². The molecule has 2 nitrogen and oxygen atoms in total. The summed E-state index contributed by atoms with van der Waals surface area (Å²) in [5, 5.41) is 0.949. The molecule has 6 heteroatoms. The van der Waals surface area contributed by atoms with Crippen molar-refractivity contribution in [3.05, 3.63) is 54.2 Å².